The van der Waals surface area contributed by atoms with E-state index in [1.165, 1.54) is 24.0 Å². The zero-order valence-electron chi connectivity index (χ0n) is 14.3. The van der Waals surface area contributed by atoms with Gasteiger partial charge in [-0.2, -0.15) is 0 Å². The van der Waals surface area contributed by atoms with Crippen molar-refractivity contribution in [3.8, 4) is 0 Å². The van der Waals surface area contributed by atoms with Crippen molar-refractivity contribution in [2.45, 2.75) is 63.8 Å². The predicted octanol–water partition coefficient (Wildman–Crippen LogP) is 3.21. The highest BCUT2D eigenvalue weighted by Gasteiger charge is 2.37. The van der Waals surface area contributed by atoms with Gasteiger partial charge in [0.1, 0.15) is 0 Å². The zero-order valence-corrected chi connectivity index (χ0v) is 14.3. The second kappa shape index (κ2) is 5.09. The molecule has 3 nitrogen and oxygen atoms in total. The summed E-state index contributed by atoms with van der Waals surface area (Å²) in [7, 11) is 0. The van der Waals surface area contributed by atoms with Gasteiger partial charge in [0.15, 0.2) is 0 Å². The lowest BCUT2D eigenvalue weighted by Gasteiger charge is -2.42. The molecule has 3 heteroatoms. The summed E-state index contributed by atoms with van der Waals surface area (Å²) in [5, 5.41) is 0. The quantitative estimate of drug-likeness (QED) is 0.865. The Morgan fingerprint density at radius 2 is 1.77 bits per heavy atom. The van der Waals surface area contributed by atoms with Gasteiger partial charge in [-0.3, -0.25) is 4.79 Å². The number of carbonyl (C=O) groups excluding carboxylic acids is 1. The number of hydrogen-bond donors (Lipinski definition) is 1. The van der Waals surface area contributed by atoms with Crippen LogP contribution in [0.4, 0.5) is 0 Å². The van der Waals surface area contributed by atoms with Crippen molar-refractivity contribution in [3.63, 3.8) is 0 Å². The third-order valence-electron chi connectivity index (χ3n) is 5.61. The molecule has 0 bridgehead atoms. The van der Waals surface area contributed by atoms with Crippen LogP contribution in [-0.2, 0) is 10.8 Å². The molecule has 1 heterocycles. The zero-order chi connectivity index (χ0) is 16.1. The first-order valence-corrected chi connectivity index (χ1v) is 8.41. The topological polar surface area (TPSA) is 46.3 Å². The van der Waals surface area contributed by atoms with Gasteiger partial charge in [-0.05, 0) is 53.4 Å². The molecule has 3 rings (SSSR count). The molecule has 2 aliphatic rings. The highest BCUT2D eigenvalue weighted by Crippen LogP contribution is 2.45. The maximum Gasteiger partial charge on any atom is 0.253 e. The van der Waals surface area contributed by atoms with Gasteiger partial charge in [0, 0.05) is 24.7 Å². The molecular weight excluding hydrogens is 272 g/mol. The number of nitrogens with two attached hydrogens (primary N) is 1. The molecule has 1 amide bonds. The van der Waals surface area contributed by atoms with Crippen LogP contribution in [0.5, 0.6) is 0 Å². The first-order chi connectivity index (χ1) is 10.2. The third kappa shape index (κ3) is 2.56. The van der Waals surface area contributed by atoms with Crippen molar-refractivity contribution in [1.82, 2.24) is 4.90 Å². The molecule has 0 saturated carbocycles. The first-order valence-electron chi connectivity index (χ1n) is 8.41. The molecule has 1 aliphatic heterocycles. The molecule has 1 aromatic rings. The maximum atomic E-state index is 12.7. The minimum Gasteiger partial charge on any atom is -0.337 e. The smallest absolute Gasteiger partial charge is 0.253 e. The van der Waals surface area contributed by atoms with Crippen LogP contribution in [0, 0.1) is 0 Å². The molecular formula is C19H28N2O. The summed E-state index contributed by atoms with van der Waals surface area (Å²) < 4.78 is 0. The van der Waals surface area contributed by atoms with Crippen molar-refractivity contribution in [2.75, 3.05) is 13.1 Å². The largest absolute Gasteiger partial charge is 0.337 e. The van der Waals surface area contributed by atoms with E-state index in [1.807, 2.05) is 11.0 Å². The molecule has 0 radical (unpaired) electrons. The molecule has 1 aliphatic carbocycles. The molecule has 1 saturated heterocycles. The van der Waals surface area contributed by atoms with E-state index in [0.717, 1.165) is 18.5 Å². The number of likely N-dealkylation sites (tertiary alicyclic amines) is 1. The second-order valence-electron chi connectivity index (χ2n) is 8.33. The molecule has 1 aromatic carbocycles. The van der Waals surface area contributed by atoms with Crippen LogP contribution >= 0.6 is 0 Å². The van der Waals surface area contributed by atoms with Gasteiger partial charge in [0.25, 0.3) is 5.91 Å². The summed E-state index contributed by atoms with van der Waals surface area (Å²) in [6.07, 6.45) is 3.27. The van der Waals surface area contributed by atoms with Gasteiger partial charge >= 0.3 is 0 Å². The number of rotatable bonds is 1. The lowest BCUT2D eigenvalue weighted by Crippen LogP contribution is -2.35. The van der Waals surface area contributed by atoms with Crippen LogP contribution in [0.2, 0.25) is 0 Å². The van der Waals surface area contributed by atoms with E-state index in [9.17, 15) is 4.79 Å². The molecule has 22 heavy (non-hydrogen) atoms. The van der Waals surface area contributed by atoms with Crippen LogP contribution in [0.15, 0.2) is 18.2 Å². The summed E-state index contributed by atoms with van der Waals surface area (Å²) in [5.41, 5.74) is 9.84. The highest BCUT2D eigenvalue weighted by molar-refractivity contribution is 5.94. The highest BCUT2D eigenvalue weighted by atomic mass is 16.2. The summed E-state index contributed by atoms with van der Waals surface area (Å²) in [5.74, 6) is 0.134. The Kier molecular flexibility index (Phi) is 3.59. The predicted molar refractivity (Wildman–Crippen MR) is 90.2 cm³/mol. The summed E-state index contributed by atoms with van der Waals surface area (Å²) in [6.45, 7) is 10.7. The molecule has 120 valence electrons. The average Bonchev–Trinajstić information content (AvgIpc) is 2.89. The fourth-order valence-electron chi connectivity index (χ4n) is 3.88. The standard InChI is InChI=1S/C19H28N2O/c1-18(2)8-9-19(3,4)16-11-13(5-6-15(16)18)17(22)21-10-7-14(20)12-21/h5-6,11,14H,7-10,12,20H2,1-4H3/t14-/m1/s1. The van der Waals surface area contributed by atoms with E-state index in [4.69, 9.17) is 5.73 Å². The van der Waals surface area contributed by atoms with Gasteiger partial charge in [-0.1, -0.05) is 33.8 Å². The van der Waals surface area contributed by atoms with Gasteiger partial charge in [0.05, 0.1) is 0 Å². The lowest BCUT2D eigenvalue weighted by atomic mass is 9.63. The minimum atomic E-state index is 0.134. The monoisotopic (exact) mass is 300 g/mol. The average molecular weight is 300 g/mol. The molecule has 2 N–H and O–H groups in total. The third-order valence-corrected chi connectivity index (χ3v) is 5.61. The minimum absolute atomic E-state index is 0.134. The summed E-state index contributed by atoms with van der Waals surface area (Å²) in [6, 6.07) is 6.47. The van der Waals surface area contributed by atoms with E-state index in [0.29, 0.717) is 6.54 Å². The van der Waals surface area contributed by atoms with Crippen LogP contribution in [0.25, 0.3) is 0 Å². The van der Waals surface area contributed by atoms with E-state index in [1.54, 1.807) is 0 Å². The molecule has 0 aromatic heterocycles. The van der Waals surface area contributed by atoms with Crippen molar-refractivity contribution in [3.05, 3.63) is 34.9 Å². The molecule has 1 atom stereocenters. The number of nitrogens with zero attached hydrogens (tertiary/aromatic N) is 1. The number of fused-ring (bicyclic) bond motifs is 1. The molecule has 0 spiro atoms. The Morgan fingerprint density at radius 1 is 1.14 bits per heavy atom. The van der Waals surface area contributed by atoms with E-state index >= 15 is 0 Å². The molecule has 0 unspecified atom stereocenters. The van der Waals surface area contributed by atoms with E-state index in [-0.39, 0.29) is 22.8 Å². The van der Waals surface area contributed by atoms with E-state index < -0.39 is 0 Å². The number of hydrogen-bond acceptors (Lipinski definition) is 2. The number of amides is 1. The second-order valence-corrected chi connectivity index (χ2v) is 8.33. The number of carbonyl (C=O) groups is 1. The Bertz CT molecular complexity index is 603. The summed E-state index contributed by atoms with van der Waals surface area (Å²) in [4.78, 5) is 14.6. The fourth-order valence-corrected chi connectivity index (χ4v) is 3.88. The van der Waals surface area contributed by atoms with Gasteiger partial charge < -0.3 is 10.6 Å². The van der Waals surface area contributed by atoms with Gasteiger partial charge in [0.2, 0.25) is 0 Å². The first kappa shape index (κ1) is 15.5. The van der Waals surface area contributed by atoms with Crippen molar-refractivity contribution >= 4 is 5.91 Å². The van der Waals surface area contributed by atoms with E-state index in [2.05, 4.69) is 39.8 Å². The van der Waals surface area contributed by atoms with Crippen LogP contribution < -0.4 is 5.73 Å². The molecule has 1 fully saturated rings. The van der Waals surface area contributed by atoms with Crippen LogP contribution in [0.3, 0.4) is 0 Å². The Balaban J connectivity index is 1.97. The van der Waals surface area contributed by atoms with Crippen molar-refractivity contribution in [1.29, 1.82) is 0 Å². The van der Waals surface area contributed by atoms with Crippen LogP contribution in [-0.4, -0.2) is 29.9 Å². The van der Waals surface area contributed by atoms with Crippen molar-refractivity contribution < 1.29 is 4.79 Å². The van der Waals surface area contributed by atoms with Crippen molar-refractivity contribution in [2.24, 2.45) is 5.73 Å². The SMILES string of the molecule is CC1(C)CCC(C)(C)c2cc(C(=O)N3CC[C@@H](N)C3)ccc21. The Hall–Kier alpha value is -1.35. The van der Waals surface area contributed by atoms with Crippen LogP contribution in [0.1, 0.15) is 68.4 Å². The maximum absolute atomic E-state index is 12.7. The summed E-state index contributed by atoms with van der Waals surface area (Å²) >= 11 is 0. The number of benzene rings is 1. The Morgan fingerprint density at radius 3 is 2.36 bits per heavy atom. The van der Waals surface area contributed by atoms with Gasteiger partial charge in [-0.25, -0.2) is 0 Å². The van der Waals surface area contributed by atoms with Gasteiger partial charge in [-0.15, -0.1) is 0 Å². The lowest BCUT2D eigenvalue weighted by molar-refractivity contribution is 0.0790. The normalized spacial score (nSPS) is 25.9. The fraction of sp³-hybridized carbons (Fsp3) is 0.632. The Labute approximate surface area is 133 Å².